The molecule has 0 aliphatic carbocycles. The molecule has 0 bridgehead atoms. The fourth-order valence-corrected chi connectivity index (χ4v) is 0.839. The first kappa shape index (κ1) is 6.78. The summed E-state index contributed by atoms with van der Waals surface area (Å²) in [6.45, 7) is 2.68. The molecular weight excluding hydrogens is 116 g/mol. The molecule has 2 nitrogen and oxygen atoms in total. The highest BCUT2D eigenvalue weighted by atomic mass is 16.5. The molecule has 0 fully saturated rings. The van der Waals surface area contributed by atoms with Crippen LogP contribution in [0.4, 0.5) is 0 Å². The largest absolute Gasteiger partial charge is 0.393 e. The van der Waals surface area contributed by atoms with Crippen LogP contribution in [0.15, 0.2) is 12.2 Å². The molecule has 0 aromatic rings. The Morgan fingerprint density at radius 1 is 1.78 bits per heavy atom. The molecule has 0 unspecified atom stereocenters. The van der Waals surface area contributed by atoms with E-state index in [1.54, 1.807) is 0 Å². The van der Waals surface area contributed by atoms with Crippen molar-refractivity contribution in [2.75, 3.05) is 13.2 Å². The van der Waals surface area contributed by atoms with Crippen LogP contribution in [0.5, 0.6) is 0 Å². The quantitative estimate of drug-likeness (QED) is 0.527. The molecule has 1 aliphatic rings. The molecule has 1 heterocycles. The van der Waals surface area contributed by atoms with Gasteiger partial charge in [-0.25, -0.2) is 0 Å². The van der Waals surface area contributed by atoms with Crippen molar-refractivity contribution in [3.8, 4) is 0 Å². The Morgan fingerprint density at radius 3 is 2.89 bits per heavy atom. The number of ether oxygens (including phenoxy) is 1. The first-order valence-corrected chi connectivity index (χ1v) is 3.19. The van der Waals surface area contributed by atoms with E-state index in [4.69, 9.17) is 9.84 Å². The normalized spacial score (nSPS) is 34.9. The van der Waals surface area contributed by atoms with Gasteiger partial charge in [-0.3, -0.25) is 0 Å². The molecule has 1 rings (SSSR count). The van der Waals surface area contributed by atoms with Crippen molar-refractivity contribution < 1.29 is 9.84 Å². The van der Waals surface area contributed by atoms with Gasteiger partial charge in [0, 0.05) is 0 Å². The molecule has 0 spiro atoms. The van der Waals surface area contributed by atoms with E-state index in [0.717, 1.165) is 13.0 Å². The third kappa shape index (κ3) is 1.53. The fourth-order valence-electron chi connectivity index (χ4n) is 0.839. The molecular formula is C7H12O2. The number of aliphatic hydroxyl groups is 1. The minimum absolute atomic E-state index is 0.0729. The molecule has 2 heteroatoms. The molecule has 9 heavy (non-hydrogen) atoms. The lowest BCUT2D eigenvalue weighted by Gasteiger charge is -2.26. The number of aliphatic hydroxyl groups excluding tert-OH is 1. The van der Waals surface area contributed by atoms with Crippen molar-refractivity contribution in [2.24, 2.45) is 0 Å². The Labute approximate surface area is 55.1 Å². The van der Waals surface area contributed by atoms with E-state index in [9.17, 15) is 0 Å². The third-order valence-corrected chi connectivity index (χ3v) is 1.50. The van der Waals surface area contributed by atoms with Crippen molar-refractivity contribution >= 4 is 0 Å². The first-order chi connectivity index (χ1) is 4.27. The summed E-state index contributed by atoms with van der Waals surface area (Å²) in [5.74, 6) is 0. The molecule has 0 radical (unpaired) electrons. The van der Waals surface area contributed by atoms with Crippen LogP contribution in [0.3, 0.4) is 0 Å². The van der Waals surface area contributed by atoms with Gasteiger partial charge in [0.1, 0.15) is 5.60 Å². The summed E-state index contributed by atoms with van der Waals surface area (Å²) < 4.78 is 5.28. The second-order valence-corrected chi connectivity index (χ2v) is 2.51. The van der Waals surface area contributed by atoms with Gasteiger partial charge in [0.25, 0.3) is 0 Å². The summed E-state index contributed by atoms with van der Waals surface area (Å²) in [4.78, 5) is 0. The molecule has 1 N–H and O–H groups in total. The van der Waals surface area contributed by atoms with Gasteiger partial charge in [-0.1, -0.05) is 12.2 Å². The molecule has 1 atom stereocenters. The highest BCUT2D eigenvalue weighted by molar-refractivity contribution is 5.02. The molecule has 0 aromatic heterocycles. The lowest BCUT2D eigenvalue weighted by Crippen LogP contribution is -2.32. The Hall–Kier alpha value is -0.340. The second-order valence-electron chi connectivity index (χ2n) is 2.51. The van der Waals surface area contributed by atoms with E-state index in [-0.39, 0.29) is 6.61 Å². The smallest absolute Gasteiger partial charge is 0.106 e. The lowest BCUT2D eigenvalue weighted by molar-refractivity contribution is -0.0371. The van der Waals surface area contributed by atoms with Crippen LogP contribution in [-0.4, -0.2) is 23.9 Å². The van der Waals surface area contributed by atoms with Gasteiger partial charge >= 0.3 is 0 Å². The Kier molecular flexibility index (Phi) is 1.88. The average molecular weight is 128 g/mol. The van der Waals surface area contributed by atoms with Crippen LogP contribution in [0.25, 0.3) is 0 Å². The van der Waals surface area contributed by atoms with Crippen LogP contribution in [-0.2, 0) is 4.74 Å². The Balaban J connectivity index is 2.56. The monoisotopic (exact) mass is 128 g/mol. The van der Waals surface area contributed by atoms with Gasteiger partial charge < -0.3 is 9.84 Å². The minimum Gasteiger partial charge on any atom is -0.393 e. The zero-order valence-corrected chi connectivity index (χ0v) is 5.63. The maximum atomic E-state index is 8.77. The van der Waals surface area contributed by atoms with E-state index >= 15 is 0 Å². The Morgan fingerprint density at radius 2 is 2.56 bits per heavy atom. The van der Waals surface area contributed by atoms with Crippen molar-refractivity contribution in [3.05, 3.63) is 12.2 Å². The highest BCUT2D eigenvalue weighted by Gasteiger charge is 2.21. The van der Waals surface area contributed by atoms with E-state index < -0.39 is 5.60 Å². The predicted octanol–water partition coefficient (Wildman–Crippen LogP) is 0.714. The fraction of sp³-hybridized carbons (Fsp3) is 0.714. The molecule has 0 saturated carbocycles. The number of hydrogen-bond acceptors (Lipinski definition) is 2. The van der Waals surface area contributed by atoms with Gasteiger partial charge in [0.2, 0.25) is 0 Å². The van der Waals surface area contributed by atoms with E-state index in [1.807, 2.05) is 19.1 Å². The summed E-state index contributed by atoms with van der Waals surface area (Å²) in [6, 6.07) is 0. The van der Waals surface area contributed by atoms with Gasteiger partial charge in [-0.15, -0.1) is 0 Å². The summed E-state index contributed by atoms with van der Waals surface area (Å²) in [5, 5.41) is 8.77. The summed E-state index contributed by atoms with van der Waals surface area (Å²) >= 11 is 0. The van der Waals surface area contributed by atoms with Crippen LogP contribution < -0.4 is 0 Å². The molecule has 0 saturated heterocycles. The first-order valence-electron chi connectivity index (χ1n) is 3.19. The number of rotatable bonds is 1. The van der Waals surface area contributed by atoms with Gasteiger partial charge in [0.15, 0.2) is 0 Å². The predicted molar refractivity (Wildman–Crippen MR) is 35.2 cm³/mol. The van der Waals surface area contributed by atoms with Crippen molar-refractivity contribution in [3.63, 3.8) is 0 Å². The molecule has 0 amide bonds. The minimum atomic E-state index is -0.405. The SMILES string of the molecule is C[C@]1(CO)C=CCCO1. The van der Waals surface area contributed by atoms with Crippen LogP contribution in [0.1, 0.15) is 13.3 Å². The average Bonchev–Trinajstić information content (AvgIpc) is 1.90. The zero-order valence-electron chi connectivity index (χ0n) is 5.63. The van der Waals surface area contributed by atoms with Crippen molar-refractivity contribution in [1.29, 1.82) is 0 Å². The maximum Gasteiger partial charge on any atom is 0.106 e. The molecule has 0 aromatic carbocycles. The maximum absolute atomic E-state index is 8.77. The van der Waals surface area contributed by atoms with Crippen molar-refractivity contribution in [1.82, 2.24) is 0 Å². The van der Waals surface area contributed by atoms with E-state index in [2.05, 4.69) is 0 Å². The number of hydrogen-bond donors (Lipinski definition) is 1. The summed E-state index contributed by atoms with van der Waals surface area (Å²) in [6.07, 6.45) is 4.92. The van der Waals surface area contributed by atoms with E-state index in [0.29, 0.717) is 0 Å². The van der Waals surface area contributed by atoms with E-state index in [1.165, 1.54) is 0 Å². The van der Waals surface area contributed by atoms with Gasteiger partial charge in [0.05, 0.1) is 13.2 Å². The topological polar surface area (TPSA) is 29.5 Å². The van der Waals surface area contributed by atoms with Crippen LogP contribution in [0.2, 0.25) is 0 Å². The highest BCUT2D eigenvalue weighted by Crippen LogP contribution is 2.16. The van der Waals surface area contributed by atoms with Crippen molar-refractivity contribution in [2.45, 2.75) is 18.9 Å². The van der Waals surface area contributed by atoms with Crippen LogP contribution in [0, 0.1) is 0 Å². The van der Waals surface area contributed by atoms with Gasteiger partial charge in [-0.05, 0) is 13.3 Å². The summed E-state index contributed by atoms with van der Waals surface area (Å²) in [7, 11) is 0. The Bertz CT molecular complexity index is 120. The lowest BCUT2D eigenvalue weighted by atomic mass is 10.1. The van der Waals surface area contributed by atoms with Gasteiger partial charge in [-0.2, -0.15) is 0 Å². The molecule has 1 aliphatic heterocycles. The second kappa shape index (κ2) is 2.50. The summed E-state index contributed by atoms with van der Waals surface area (Å²) in [5.41, 5.74) is -0.405. The zero-order chi connectivity index (χ0) is 6.74. The third-order valence-electron chi connectivity index (χ3n) is 1.50. The van der Waals surface area contributed by atoms with Crippen LogP contribution >= 0.6 is 0 Å². The standard InChI is InChI=1S/C7H12O2/c1-7(6-8)4-2-3-5-9-7/h2,4,8H,3,5-6H2,1H3/t7-/m1/s1. The molecule has 52 valence electrons.